The molecule has 1 aliphatic rings. The van der Waals surface area contributed by atoms with Gasteiger partial charge in [-0.2, -0.15) is 0 Å². The number of imidazole rings is 1. The van der Waals surface area contributed by atoms with Crippen molar-refractivity contribution in [1.82, 2.24) is 14.5 Å². The van der Waals surface area contributed by atoms with Crippen molar-refractivity contribution in [3.63, 3.8) is 0 Å². The van der Waals surface area contributed by atoms with Gasteiger partial charge in [-0.1, -0.05) is 78.9 Å². The number of aryl methyl sites for hydroxylation is 1. The molecular weight excluding hydrogens is 490 g/mol. The van der Waals surface area contributed by atoms with Gasteiger partial charge in [-0.3, -0.25) is 9.59 Å². The lowest BCUT2D eigenvalue weighted by atomic mass is 9.95. The van der Waals surface area contributed by atoms with Gasteiger partial charge in [-0.25, -0.2) is 4.98 Å². The Labute approximate surface area is 227 Å². The number of aromatic nitrogens is 2. The predicted octanol–water partition coefficient (Wildman–Crippen LogP) is 5.53. The van der Waals surface area contributed by atoms with Crippen LogP contribution in [-0.2, 0) is 22.7 Å². The van der Waals surface area contributed by atoms with Gasteiger partial charge in [-0.05, 0) is 41.3 Å². The molecule has 39 heavy (non-hydrogen) atoms. The number of rotatable bonds is 11. The minimum absolute atomic E-state index is 0.0648. The zero-order chi connectivity index (χ0) is 27.0. The molecule has 0 aliphatic carbocycles. The summed E-state index contributed by atoms with van der Waals surface area (Å²) in [5.74, 6) is -0.874. The lowest BCUT2D eigenvalue weighted by molar-refractivity contribution is -0.129. The number of carbonyl (C=O) groups excluding carboxylic acids is 2. The molecule has 196 valence electrons. The lowest BCUT2D eigenvalue weighted by Gasteiger charge is -2.27. The Morgan fingerprint density at radius 1 is 0.974 bits per heavy atom. The van der Waals surface area contributed by atoms with Gasteiger partial charge in [0.05, 0.1) is 17.9 Å². The highest BCUT2D eigenvalue weighted by Gasteiger charge is 2.42. The van der Waals surface area contributed by atoms with E-state index < -0.39 is 23.5 Å². The van der Waals surface area contributed by atoms with Crippen LogP contribution in [0.5, 0.6) is 5.75 Å². The van der Waals surface area contributed by atoms with Crippen LogP contribution in [-0.4, -0.2) is 37.8 Å². The van der Waals surface area contributed by atoms with Crippen LogP contribution >= 0.6 is 0 Å². The number of hydrogen-bond donors (Lipinski definition) is 1. The Morgan fingerprint density at radius 3 is 2.49 bits per heavy atom. The van der Waals surface area contributed by atoms with Gasteiger partial charge < -0.3 is 19.3 Å². The minimum Gasteiger partial charge on any atom is -0.503 e. The largest absolute Gasteiger partial charge is 0.503 e. The Bertz CT molecular complexity index is 1480. The molecule has 0 radical (unpaired) electrons. The van der Waals surface area contributed by atoms with Crippen LogP contribution in [0.2, 0.25) is 0 Å². The Hall–Kier alpha value is -4.91. The summed E-state index contributed by atoms with van der Waals surface area (Å²) in [4.78, 5) is 32.3. The van der Waals surface area contributed by atoms with Crippen molar-refractivity contribution in [3.8, 4) is 5.75 Å². The first-order chi connectivity index (χ1) is 19.1. The number of nitrogens with zero attached hydrogens (tertiary/aromatic N) is 3. The second-order valence-corrected chi connectivity index (χ2v) is 9.27. The lowest BCUT2D eigenvalue weighted by Crippen LogP contribution is -2.32. The van der Waals surface area contributed by atoms with E-state index in [1.807, 2.05) is 95.7 Å². The number of ether oxygens (including phenoxy) is 1. The Balaban J connectivity index is 1.42. The van der Waals surface area contributed by atoms with Crippen molar-refractivity contribution in [3.05, 3.63) is 138 Å². The molecule has 3 aromatic carbocycles. The van der Waals surface area contributed by atoms with Crippen LogP contribution in [0.15, 0.2) is 121 Å². The SMILES string of the molecule is O=C(C=Cc1ccccc1)C1=C(O)C(=O)N(CCCn2ccnc2)C1c1cccc(OCc2ccccc2)c1. The molecule has 0 saturated carbocycles. The van der Waals surface area contributed by atoms with Gasteiger partial charge in [0.15, 0.2) is 11.5 Å². The minimum atomic E-state index is -0.742. The summed E-state index contributed by atoms with van der Waals surface area (Å²) in [7, 11) is 0. The fourth-order valence-corrected chi connectivity index (χ4v) is 4.67. The third kappa shape index (κ3) is 6.15. The molecule has 7 nitrogen and oxygen atoms in total. The van der Waals surface area contributed by atoms with E-state index in [1.165, 1.54) is 6.08 Å². The highest BCUT2D eigenvalue weighted by molar-refractivity contribution is 6.14. The van der Waals surface area contributed by atoms with E-state index in [9.17, 15) is 14.7 Å². The van der Waals surface area contributed by atoms with Crippen molar-refractivity contribution >= 4 is 17.8 Å². The zero-order valence-corrected chi connectivity index (χ0v) is 21.4. The Morgan fingerprint density at radius 2 is 1.74 bits per heavy atom. The molecule has 1 atom stereocenters. The first kappa shape index (κ1) is 25.7. The van der Waals surface area contributed by atoms with Crippen molar-refractivity contribution in [2.24, 2.45) is 0 Å². The summed E-state index contributed by atoms with van der Waals surface area (Å²) in [6, 6.07) is 25.9. The summed E-state index contributed by atoms with van der Waals surface area (Å²) in [6.07, 6.45) is 8.99. The number of allylic oxidation sites excluding steroid dienone is 1. The van der Waals surface area contributed by atoms with Crippen LogP contribution in [0.25, 0.3) is 6.08 Å². The van der Waals surface area contributed by atoms with Crippen molar-refractivity contribution < 1.29 is 19.4 Å². The van der Waals surface area contributed by atoms with Gasteiger partial charge in [0.1, 0.15) is 12.4 Å². The zero-order valence-electron chi connectivity index (χ0n) is 21.4. The molecule has 1 aliphatic heterocycles. The molecule has 1 amide bonds. The topological polar surface area (TPSA) is 84.7 Å². The van der Waals surface area contributed by atoms with E-state index in [1.54, 1.807) is 23.5 Å². The van der Waals surface area contributed by atoms with Gasteiger partial charge in [0.2, 0.25) is 0 Å². The van der Waals surface area contributed by atoms with Crippen molar-refractivity contribution in [1.29, 1.82) is 0 Å². The average molecular weight is 520 g/mol. The van der Waals surface area contributed by atoms with E-state index in [0.29, 0.717) is 37.4 Å². The van der Waals surface area contributed by atoms with Crippen LogP contribution in [0, 0.1) is 0 Å². The molecule has 1 N–H and O–H groups in total. The maximum absolute atomic E-state index is 13.4. The fourth-order valence-electron chi connectivity index (χ4n) is 4.67. The third-order valence-electron chi connectivity index (χ3n) is 6.59. The fraction of sp³-hybridized carbons (Fsp3) is 0.156. The first-order valence-corrected chi connectivity index (χ1v) is 12.8. The molecule has 7 heteroatoms. The van der Waals surface area contributed by atoms with Crippen LogP contribution < -0.4 is 4.74 Å². The molecule has 2 heterocycles. The van der Waals surface area contributed by atoms with Gasteiger partial charge in [0, 0.05) is 25.5 Å². The number of aliphatic hydroxyl groups is 1. The van der Waals surface area contributed by atoms with Crippen LogP contribution in [0.4, 0.5) is 0 Å². The van der Waals surface area contributed by atoms with E-state index in [-0.39, 0.29) is 5.57 Å². The quantitative estimate of drug-likeness (QED) is 0.264. The normalized spacial score (nSPS) is 15.3. The molecule has 5 rings (SSSR count). The van der Waals surface area contributed by atoms with Crippen molar-refractivity contribution in [2.45, 2.75) is 25.6 Å². The highest BCUT2D eigenvalue weighted by atomic mass is 16.5. The van der Waals surface area contributed by atoms with Gasteiger partial charge in [-0.15, -0.1) is 0 Å². The average Bonchev–Trinajstić information content (AvgIpc) is 3.58. The van der Waals surface area contributed by atoms with Gasteiger partial charge in [0.25, 0.3) is 5.91 Å². The monoisotopic (exact) mass is 519 g/mol. The summed E-state index contributed by atoms with van der Waals surface area (Å²) < 4.78 is 7.95. The van der Waals surface area contributed by atoms with Crippen LogP contribution in [0.3, 0.4) is 0 Å². The molecule has 0 fully saturated rings. The second-order valence-electron chi connectivity index (χ2n) is 9.27. The summed E-state index contributed by atoms with van der Waals surface area (Å²) in [5.41, 5.74) is 2.63. The standard InChI is InChI=1S/C32H29N3O4/c36-28(16-15-24-9-3-1-4-10-24)29-30(35(32(38)31(29)37)19-8-18-34-20-17-33-23-34)26-13-7-14-27(21-26)39-22-25-11-5-2-6-12-25/h1-7,9-17,20-21,23,30,37H,8,18-19,22H2. The molecule has 0 spiro atoms. The molecule has 0 saturated heterocycles. The van der Waals surface area contributed by atoms with Crippen molar-refractivity contribution in [2.75, 3.05) is 6.54 Å². The van der Waals surface area contributed by atoms with Crippen LogP contribution in [0.1, 0.15) is 29.2 Å². The Kier molecular flexibility index (Phi) is 7.98. The van der Waals surface area contributed by atoms with E-state index >= 15 is 0 Å². The highest BCUT2D eigenvalue weighted by Crippen LogP contribution is 2.39. The van der Waals surface area contributed by atoms with E-state index in [2.05, 4.69) is 4.98 Å². The smallest absolute Gasteiger partial charge is 0.290 e. The second kappa shape index (κ2) is 12.1. The number of hydrogen-bond acceptors (Lipinski definition) is 5. The molecular formula is C32H29N3O4. The molecule has 1 aromatic heterocycles. The molecule has 1 unspecified atom stereocenters. The molecule has 4 aromatic rings. The summed E-state index contributed by atoms with van der Waals surface area (Å²) >= 11 is 0. The summed E-state index contributed by atoms with van der Waals surface area (Å²) in [5, 5.41) is 10.9. The number of benzene rings is 3. The third-order valence-corrected chi connectivity index (χ3v) is 6.59. The summed E-state index contributed by atoms with van der Waals surface area (Å²) in [6.45, 7) is 1.38. The number of carbonyl (C=O) groups is 2. The number of aliphatic hydroxyl groups excluding tert-OH is 1. The molecule has 0 bridgehead atoms. The maximum Gasteiger partial charge on any atom is 0.290 e. The number of amides is 1. The predicted molar refractivity (Wildman–Crippen MR) is 149 cm³/mol. The first-order valence-electron chi connectivity index (χ1n) is 12.8. The van der Waals surface area contributed by atoms with E-state index in [4.69, 9.17) is 4.74 Å². The van der Waals surface area contributed by atoms with Gasteiger partial charge >= 0.3 is 0 Å². The maximum atomic E-state index is 13.4. The number of ketones is 1. The van der Waals surface area contributed by atoms with E-state index in [0.717, 1.165) is 11.1 Å².